The summed E-state index contributed by atoms with van der Waals surface area (Å²) in [6.07, 6.45) is 0.479. The van der Waals surface area contributed by atoms with Gasteiger partial charge in [-0.25, -0.2) is 0 Å². The molecule has 1 amide bonds. The van der Waals surface area contributed by atoms with Gasteiger partial charge in [0.05, 0.1) is 11.1 Å². The Labute approximate surface area is 130 Å². The minimum Gasteiger partial charge on any atom is -0.481 e. The van der Waals surface area contributed by atoms with Crippen molar-refractivity contribution in [2.24, 2.45) is 11.3 Å². The van der Waals surface area contributed by atoms with Crippen molar-refractivity contribution >= 4 is 11.9 Å². The summed E-state index contributed by atoms with van der Waals surface area (Å²) in [5, 5.41) is 13.5. The molecule has 1 atom stereocenters. The molecule has 1 fully saturated rings. The highest BCUT2D eigenvalue weighted by Gasteiger charge is 2.49. The van der Waals surface area contributed by atoms with Crippen LogP contribution in [0.25, 0.3) is 0 Å². The molecule has 6 heteroatoms. The molecule has 6 nitrogen and oxygen atoms in total. The third kappa shape index (κ3) is 2.51. The Kier molecular flexibility index (Phi) is 4.31. The number of carbonyl (C=O) groups is 2. The molecule has 22 heavy (non-hydrogen) atoms. The molecule has 2 rings (SSSR count). The predicted molar refractivity (Wildman–Crippen MR) is 80.8 cm³/mol. The van der Waals surface area contributed by atoms with Crippen molar-refractivity contribution in [1.29, 1.82) is 0 Å². The summed E-state index contributed by atoms with van der Waals surface area (Å²) in [5.74, 6) is -0.414. The maximum Gasteiger partial charge on any atom is 0.311 e. The molecule has 0 radical (unpaired) electrons. The van der Waals surface area contributed by atoms with E-state index in [1.54, 1.807) is 11.8 Å². The van der Waals surface area contributed by atoms with Crippen LogP contribution in [0, 0.1) is 18.3 Å². The fraction of sp³-hybridized carbons (Fsp3) is 0.688. The lowest BCUT2D eigenvalue weighted by Gasteiger charge is -2.28. The fourth-order valence-electron chi connectivity index (χ4n) is 3.10. The van der Waals surface area contributed by atoms with Crippen LogP contribution in [0.4, 0.5) is 0 Å². The van der Waals surface area contributed by atoms with Gasteiger partial charge in [-0.3, -0.25) is 9.59 Å². The number of hydrogen-bond donors (Lipinski definition) is 1. The van der Waals surface area contributed by atoms with E-state index < -0.39 is 11.4 Å². The average Bonchev–Trinajstić information content (AvgIpc) is 3.02. The lowest BCUT2D eigenvalue weighted by molar-refractivity contribution is -0.150. The van der Waals surface area contributed by atoms with E-state index in [-0.39, 0.29) is 24.3 Å². The number of carboxylic acid groups (broad SMARTS) is 1. The van der Waals surface area contributed by atoms with Crippen molar-refractivity contribution in [2.75, 3.05) is 13.1 Å². The number of carboxylic acids is 1. The zero-order chi connectivity index (χ0) is 16.7. The SMILES string of the molecule is Cc1noc(C(C)C)c1C(=O)N1CCC(C(=O)O)(C(C)C)C1. The summed E-state index contributed by atoms with van der Waals surface area (Å²) in [6.45, 7) is 10.1. The Bertz CT molecular complexity index is 591. The zero-order valence-corrected chi connectivity index (χ0v) is 13.8. The Balaban J connectivity index is 2.30. The van der Waals surface area contributed by atoms with Gasteiger partial charge in [-0.1, -0.05) is 32.9 Å². The van der Waals surface area contributed by atoms with Crippen molar-refractivity contribution in [3.8, 4) is 0 Å². The van der Waals surface area contributed by atoms with Gasteiger partial charge in [0.25, 0.3) is 5.91 Å². The van der Waals surface area contributed by atoms with Gasteiger partial charge in [0.2, 0.25) is 0 Å². The van der Waals surface area contributed by atoms with Crippen LogP contribution in [0.3, 0.4) is 0 Å². The topological polar surface area (TPSA) is 83.6 Å². The molecule has 1 aromatic heterocycles. The lowest BCUT2D eigenvalue weighted by Crippen LogP contribution is -2.40. The number of aliphatic carboxylic acids is 1. The second-order valence-electron chi connectivity index (χ2n) is 6.75. The number of rotatable bonds is 4. The van der Waals surface area contributed by atoms with Crippen molar-refractivity contribution in [3.05, 3.63) is 17.0 Å². The third-order valence-corrected chi connectivity index (χ3v) is 4.75. The van der Waals surface area contributed by atoms with Gasteiger partial charge in [0.15, 0.2) is 5.76 Å². The van der Waals surface area contributed by atoms with E-state index in [0.717, 1.165) is 0 Å². The molecule has 0 aromatic carbocycles. The molecule has 1 aliphatic rings. The molecule has 0 bridgehead atoms. The second kappa shape index (κ2) is 5.74. The Hall–Kier alpha value is -1.85. The number of likely N-dealkylation sites (tertiary alicyclic amines) is 1. The van der Waals surface area contributed by atoms with Crippen molar-refractivity contribution in [3.63, 3.8) is 0 Å². The van der Waals surface area contributed by atoms with E-state index in [4.69, 9.17) is 4.52 Å². The largest absolute Gasteiger partial charge is 0.481 e. The van der Waals surface area contributed by atoms with Crippen molar-refractivity contribution in [2.45, 2.75) is 47.0 Å². The number of carbonyl (C=O) groups excluding carboxylic acids is 1. The van der Waals surface area contributed by atoms with Crippen LogP contribution in [0.2, 0.25) is 0 Å². The van der Waals surface area contributed by atoms with Gasteiger partial charge in [-0.05, 0) is 19.3 Å². The van der Waals surface area contributed by atoms with E-state index >= 15 is 0 Å². The minimum atomic E-state index is -0.862. The monoisotopic (exact) mass is 308 g/mol. The van der Waals surface area contributed by atoms with Gasteiger partial charge in [0.1, 0.15) is 5.56 Å². The van der Waals surface area contributed by atoms with Gasteiger partial charge < -0.3 is 14.5 Å². The Morgan fingerprint density at radius 3 is 2.41 bits per heavy atom. The quantitative estimate of drug-likeness (QED) is 0.924. The second-order valence-corrected chi connectivity index (χ2v) is 6.75. The van der Waals surface area contributed by atoms with Crippen LogP contribution in [-0.2, 0) is 4.79 Å². The van der Waals surface area contributed by atoms with Gasteiger partial charge in [0, 0.05) is 19.0 Å². The summed E-state index contributed by atoms with van der Waals surface area (Å²) in [6, 6.07) is 0. The highest BCUT2D eigenvalue weighted by atomic mass is 16.5. The van der Waals surface area contributed by atoms with Gasteiger partial charge in [-0.15, -0.1) is 0 Å². The number of nitrogens with zero attached hydrogens (tertiary/aromatic N) is 2. The highest BCUT2D eigenvalue weighted by molar-refractivity contribution is 5.97. The molecule has 1 unspecified atom stereocenters. The zero-order valence-electron chi connectivity index (χ0n) is 13.8. The number of hydrogen-bond acceptors (Lipinski definition) is 4. The van der Waals surface area contributed by atoms with Crippen molar-refractivity contribution < 1.29 is 19.2 Å². The lowest BCUT2D eigenvalue weighted by atomic mass is 9.76. The highest BCUT2D eigenvalue weighted by Crippen LogP contribution is 2.39. The molecular weight excluding hydrogens is 284 g/mol. The van der Waals surface area contributed by atoms with Crippen LogP contribution in [0.1, 0.15) is 61.8 Å². The molecule has 2 heterocycles. The summed E-state index contributed by atoms with van der Waals surface area (Å²) < 4.78 is 5.27. The fourth-order valence-corrected chi connectivity index (χ4v) is 3.10. The number of amides is 1. The summed E-state index contributed by atoms with van der Waals surface area (Å²) in [4.78, 5) is 26.1. The summed E-state index contributed by atoms with van der Waals surface area (Å²) in [7, 11) is 0. The molecule has 122 valence electrons. The van der Waals surface area contributed by atoms with E-state index in [9.17, 15) is 14.7 Å². The molecule has 1 saturated heterocycles. The first-order valence-corrected chi connectivity index (χ1v) is 7.69. The van der Waals surface area contributed by atoms with E-state index in [0.29, 0.717) is 30.0 Å². The minimum absolute atomic E-state index is 0.0315. The predicted octanol–water partition coefficient (Wildman–Crippen LogP) is 2.68. The third-order valence-electron chi connectivity index (χ3n) is 4.75. The van der Waals surface area contributed by atoms with Crippen LogP contribution in [-0.4, -0.2) is 40.1 Å². The summed E-state index contributed by atoms with van der Waals surface area (Å²) >= 11 is 0. The first kappa shape index (κ1) is 16.5. The molecular formula is C16H24N2O4. The van der Waals surface area contributed by atoms with Crippen LogP contribution in [0.5, 0.6) is 0 Å². The standard InChI is InChI=1S/C16H24N2O4/c1-9(2)13-12(11(5)17-22-13)14(19)18-7-6-16(8-18,10(3)4)15(20)21/h9-10H,6-8H2,1-5H3,(H,20,21). The van der Waals surface area contributed by atoms with E-state index in [1.807, 2.05) is 27.7 Å². The smallest absolute Gasteiger partial charge is 0.311 e. The molecule has 1 aliphatic heterocycles. The first-order chi connectivity index (χ1) is 10.2. The van der Waals surface area contributed by atoms with E-state index in [1.165, 1.54) is 0 Å². The number of aryl methyl sites for hydroxylation is 1. The first-order valence-electron chi connectivity index (χ1n) is 7.69. The van der Waals surface area contributed by atoms with Crippen LogP contribution in [0.15, 0.2) is 4.52 Å². The molecule has 0 saturated carbocycles. The average molecular weight is 308 g/mol. The maximum atomic E-state index is 12.8. The van der Waals surface area contributed by atoms with E-state index in [2.05, 4.69) is 5.16 Å². The number of aromatic nitrogens is 1. The van der Waals surface area contributed by atoms with Gasteiger partial charge in [-0.2, -0.15) is 0 Å². The van der Waals surface area contributed by atoms with Crippen LogP contribution < -0.4 is 0 Å². The summed E-state index contributed by atoms with van der Waals surface area (Å²) in [5.41, 5.74) is 0.185. The van der Waals surface area contributed by atoms with Crippen molar-refractivity contribution in [1.82, 2.24) is 10.1 Å². The normalized spacial score (nSPS) is 21.9. The molecule has 0 spiro atoms. The molecule has 1 aromatic rings. The van der Waals surface area contributed by atoms with Crippen LogP contribution >= 0.6 is 0 Å². The maximum absolute atomic E-state index is 12.8. The Morgan fingerprint density at radius 1 is 1.32 bits per heavy atom. The molecule has 1 N–H and O–H groups in total. The van der Waals surface area contributed by atoms with Gasteiger partial charge >= 0.3 is 5.97 Å². The Morgan fingerprint density at radius 2 is 1.95 bits per heavy atom. The molecule has 0 aliphatic carbocycles.